The van der Waals surface area contributed by atoms with Crippen molar-refractivity contribution < 1.29 is 0 Å². The van der Waals surface area contributed by atoms with Gasteiger partial charge < -0.3 is 14.8 Å². The van der Waals surface area contributed by atoms with Crippen LogP contribution in [0.15, 0.2) is 35.6 Å². The molecule has 130 valence electrons. The quantitative estimate of drug-likeness (QED) is 0.625. The summed E-state index contributed by atoms with van der Waals surface area (Å²) in [7, 11) is 3.87. The van der Waals surface area contributed by atoms with E-state index in [1.54, 1.807) is 6.33 Å². The molecule has 0 saturated heterocycles. The molecule has 6 nitrogen and oxygen atoms in total. The van der Waals surface area contributed by atoms with Gasteiger partial charge in [-0.25, -0.2) is 0 Å². The van der Waals surface area contributed by atoms with Crippen molar-refractivity contribution in [3.8, 4) is 0 Å². The molecular weight excluding hydrogens is 300 g/mol. The van der Waals surface area contributed by atoms with Gasteiger partial charge in [0.15, 0.2) is 5.96 Å². The van der Waals surface area contributed by atoms with Crippen LogP contribution in [0.5, 0.6) is 0 Å². The Morgan fingerprint density at radius 2 is 1.88 bits per heavy atom. The van der Waals surface area contributed by atoms with Crippen LogP contribution in [0.3, 0.4) is 0 Å². The summed E-state index contributed by atoms with van der Waals surface area (Å²) < 4.78 is 2.07. The number of rotatable bonds is 7. The molecule has 2 rings (SSSR count). The van der Waals surface area contributed by atoms with Gasteiger partial charge in [0, 0.05) is 40.2 Å². The number of aryl methyl sites for hydroxylation is 2. The van der Waals surface area contributed by atoms with Gasteiger partial charge in [0.05, 0.1) is 0 Å². The van der Waals surface area contributed by atoms with Crippen molar-refractivity contribution in [1.82, 2.24) is 25.0 Å². The maximum atomic E-state index is 4.37. The Hall–Kier alpha value is -2.37. The number of guanidine groups is 1. The molecule has 24 heavy (non-hydrogen) atoms. The van der Waals surface area contributed by atoms with Crippen molar-refractivity contribution >= 4 is 5.96 Å². The second-order valence-corrected chi connectivity index (χ2v) is 5.79. The third kappa shape index (κ3) is 4.81. The monoisotopic (exact) mass is 328 g/mol. The SMILES string of the molecule is CCc1ccc(CN(C)C(=NC)NCCn2cnnc2CC)cc1. The van der Waals surface area contributed by atoms with Crippen molar-refractivity contribution in [2.75, 3.05) is 20.6 Å². The summed E-state index contributed by atoms with van der Waals surface area (Å²) in [6.45, 7) is 6.71. The lowest BCUT2D eigenvalue weighted by Crippen LogP contribution is -2.39. The van der Waals surface area contributed by atoms with Crippen molar-refractivity contribution in [3.63, 3.8) is 0 Å². The van der Waals surface area contributed by atoms with Gasteiger partial charge in [0.25, 0.3) is 0 Å². The minimum Gasteiger partial charge on any atom is -0.354 e. The third-order valence-corrected chi connectivity index (χ3v) is 4.07. The van der Waals surface area contributed by atoms with E-state index in [2.05, 4.69) is 75.1 Å². The lowest BCUT2D eigenvalue weighted by Gasteiger charge is -2.22. The molecule has 0 spiro atoms. The molecule has 2 aromatic rings. The molecule has 0 aliphatic rings. The first-order valence-electron chi connectivity index (χ1n) is 8.54. The molecule has 6 heteroatoms. The molecular formula is C18H28N6. The summed E-state index contributed by atoms with van der Waals surface area (Å²) in [5, 5.41) is 11.5. The number of nitrogens with one attached hydrogen (secondary N) is 1. The average molecular weight is 328 g/mol. The fourth-order valence-electron chi connectivity index (χ4n) is 2.64. The van der Waals surface area contributed by atoms with E-state index < -0.39 is 0 Å². The van der Waals surface area contributed by atoms with Crippen LogP contribution in [0.2, 0.25) is 0 Å². The molecule has 1 heterocycles. The summed E-state index contributed by atoms with van der Waals surface area (Å²) in [6.07, 6.45) is 3.74. The summed E-state index contributed by atoms with van der Waals surface area (Å²) in [6, 6.07) is 8.76. The fraction of sp³-hybridized carbons (Fsp3) is 0.500. The van der Waals surface area contributed by atoms with Crippen LogP contribution in [0.25, 0.3) is 0 Å². The minimum absolute atomic E-state index is 0.789. The fourth-order valence-corrected chi connectivity index (χ4v) is 2.64. The molecule has 1 aromatic carbocycles. The Kier molecular flexibility index (Phi) is 6.78. The highest BCUT2D eigenvalue weighted by atomic mass is 15.3. The number of aromatic nitrogens is 3. The zero-order valence-corrected chi connectivity index (χ0v) is 15.2. The van der Waals surface area contributed by atoms with Crippen LogP contribution in [0, 0.1) is 0 Å². The first kappa shape index (κ1) is 18.0. The normalized spacial score (nSPS) is 11.6. The van der Waals surface area contributed by atoms with Crippen LogP contribution in [0.1, 0.15) is 30.8 Å². The number of aliphatic imine (C=N–C) groups is 1. The van der Waals surface area contributed by atoms with Crippen molar-refractivity contribution in [2.45, 2.75) is 39.8 Å². The molecule has 0 radical (unpaired) electrons. The molecule has 0 atom stereocenters. The lowest BCUT2D eigenvalue weighted by atomic mass is 10.1. The van der Waals surface area contributed by atoms with Crippen LogP contribution >= 0.6 is 0 Å². The Balaban J connectivity index is 1.85. The first-order valence-corrected chi connectivity index (χ1v) is 8.54. The first-order chi connectivity index (χ1) is 11.7. The second kappa shape index (κ2) is 9.05. The van der Waals surface area contributed by atoms with E-state index >= 15 is 0 Å². The zero-order chi connectivity index (χ0) is 17.4. The van der Waals surface area contributed by atoms with Crippen LogP contribution in [-0.2, 0) is 25.9 Å². The maximum Gasteiger partial charge on any atom is 0.193 e. The third-order valence-electron chi connectivity index (χ3n) is 4.07. The van der Waals surface area contributed by atoms with Crippen LogP contribution in [-0.4, -0.2) is 46.3 Å². The predicted octanol–water partition coefficient (Wildman–Crippen LogP) is 2.11. The standard InChI is InChI=1S/C18H28N6/c1-5-15-7-9-16(10-8-15)13-23(4)18(19-3)20-11-12-24-14-21-22-17(24)6-2/h7-10,14H,5-6,11-13H2,1-4H3,(H,19,20). The van der Waals surface area contributed by atoms with Gasteiger partial charge in [0.2, 0.25) is 0 Å². The summed E-state index contributed by atoms with van der Waals surface area (Å²) in [5.74, 6) is 1.90. The number of hydrogen-bond donors (Lipinski definition) is 1. The zero-order valence-electron chi connectivity index (χ0n) is 15.2. The van der Waals surface area contributed by atoms with Crippen molar-refractivity contribution in [1.29, 1.82) is 0 Å². The van der Waals surface area contributed by atoms with E-state index in [9.17, 15) is 0 Å². The van der Waals surface area contributed by atoms with E-state index in [4.69, 9.17) is 0 Å². The highest BCUT2D eigenvalue weighted by Gasteiger charge is 2.07. The lowest BCUT2D eigenvalue weighted by molar-refractivity contribution is 0.472. The molecule has 1 aromatic heterocycles. The summed E-state index contributed by atoms with van der Waals surface area (Å²) in [5.41, 5.74) is 2.65. The van der Waals surface area contributed by atoms with Gasteiger partial charge in [-0.3, -0.25) is 4.99 Å². The van der Waals surface area contributed by atoms with E-state index in [1.165, 1.54) is 11.1 Å². The van der Waals surface area contributed by atoms with Gasteiger partial charge in [-0.15, -0.1) is 10.2 Å². The Bertz CT molecular complexity index is 644. The van der Waals surface area contributed by atoms with Crippen molar-refractivity contribution in [2.24, 2.45) is 4.99 Å². The predicted molar refractivity (Wildman–Crippen MR) is 98.0 cm³/mol. The minimum atomic E-state index is 0.789. The molecule has 0 saturated carbocycles. The number of hydrogen-bond acceptors (Lipinski definition) is 3. The smallest absolute Gasteiger partial charge is 0.193 e. The molecule has 0 fully saturated rings. The molecule has 0 bridgehead atoms. The van der Waals surface area contributed by atoms with E-state index in [1.807, 2.05) is 7.05 Å². The van der Waals surface area contributed by atoms with E-state index in [0.29, 0.717) is 0 Å². The second-order valence-electron chi connectivity index (χ2n) is 5.79. The summed E-state index contributed by atoms with van der Waals surface area (Å²) in [4.78, 5) is 6.50. The van der Waals surface area contributed by atoms with Crippen LogP contribution in [0.4, 0.5) is 0 Å². The Morgan fingerprint density at radius 3 is 2.50 bits per heavy atom. The average Bonchev–Trinajstić information content (AvgIpc) is 3.06. The van der Waals surface area contributed by atoms with E-state index in [-0.39, 0.29) is 0 Å². The highest BCUT2D eigenvalue weighted by molar-refractivity contribution is 5.79. The Labute approximate surface area is 144 Å². The van der Waals surface area contributed by atoms with E-state index in [0.717, 1.165) is 44.3 Å². The highest BCUT2D eigenvalue weighted by Crippen LogP contribution is 2.07. The molecule has 0 amide bonds. The number of benzene rings is 1. The van der Waals surface area contributed by atoms with Gasteiger partial charge in [-0.05, 0) is 17.5 Å². The van der Waals surface area contributed by atoms with Crippen LogP contribution < -0.4 is 5.32 Å². The van der Waals surface area contributed by atoms with Gasteiger partial charge in [-0.1, -0.05) is 38.1 Å². The summed E-state index contributed by atoms with van der Waals surface area (Å²) >= 11 is 0. The largest absolute Gasteiger partial charge is 0.354 e. The molecule has 0 unspecified atom stereocenters. The van der Waals surface area contributed by atoms with Crippen molar-refractivity contribution in [3.05, 3.63) is 47.5 Å². The topological polar surface area (TPSA) is 58.3 Å². The van der Waals surface area contributed by atoms with Gasteiger partial charge in [0.1, 0.15) is 12.2 Å². The van der Waals surface area contributed by atoms with Gasteiger partial charge in [-0.2, -0.15) is 0 Å². The maximum absolute atomic E-state index is 4.37. The Morgan fingerprint density at radius 1 is 1.17 bits per heavy atom. The molecule has 0 aliphatic heterocycles. The molecule has 1 N–H and O–H groups in total. The molecule has 0 aliphatic carbocycles. The van der Waals surface area contributed by atoms with Gasteiger partial charge >= 0.3 is 0 Å². The number of nitrogens with zero attached hydrogens (tertiary/aromatic N) is 5.